The van der Waals surface area contributed by atoms with Crippen LogP contribution in [-0.2, 0) is 10.2 Å². The van der Waals surface area contributed by atoms with Crippen LogP contribution in [0.5, 0.6) is 5.75 Å². The number of ether oxygens (including phenoxy) is 1. The smallest absolute Gasteiger partial charge is 0.232 e. The first-order chi connectivity index (χ1) is 13.8. The fourth-order valence-corrected chi connectivity index (χ4v) is 3.54. The Kier molecular flexibility index (Phi) is 4.86. The van der Waals surface area contributed by atoms with Crippen LogP contribution in [0.3, 0.4) is 0 Å². The fourth-order valence-electron chi connectivity index (χ4n) is 3.54. The maximum absolute atomic E-state index is 12.6. The molecule has 6 nitrogen and oxygen atoms in total. The molecular weight excluding hydrogens is 366 g/mol. The van der Waals surface area contributed by atoms with E-state index in [1.54, 1.807) is 12.0 Å². The summed E-state index contributed by atoms with van der Waals surface area (Å²) >= 11 is 0. The van der Waals surface area contributed by atoms with Crippen molar-refractivity contribution < 1.29 is 14.1 Å². The summed E-state index contributed by atoms with van der Waals surface area (Å²) in [4.78, 5) is 18.9. The van der Waals surface area contributed by atoms with Crippen molar-refractivity contribution in [1.82, 2.24) is 10.1 Å². The number of amides is 1. The van der Waals surface area contributed by atoms with Crippen molar-refractivity contribution in [3.63, 3.8) is 0 Å². The van der Waals surface area contributed by atoms with Crippen LogP contribution < -0.4 is 9.64 Å². The minimum Gasteiger partial charge on any atom is -0.497 e. The Bertz CT molecular complexity index is 1020. The van der Waals surface area contributed by atoms with Crippen molar-refractivity contribution in [2.75, 3.05) is 18.6 Å². The van der Waals surface area contributed by atoms with Gasteiger partial charge in [-0.3, -0.25) is 4.79 Å². The highest BCUT2D eigenvalue weighted by atomic mass is 16.5. The fraction of sp³-hybridized carbons (Fsp3) is 0.348. The molecule has 0 saturated carbocycles. The van der Waals surface area contributed by atoms with Crippen molar-refractivity contribution in [1.29, 1.82) is 0 Å². The molecule has 0 spiro atoms. The van der Waals surface area contributed by atoms with E-state index in [4.69, 9.17) is 9.26 Å². The van der Waals surface area contributed by atoms with Gasteiger partial charge < -0.3 is 14.2 Å². The van der Waals surface area contributed by atoms with Gasteiger partial charge in [-0.25, -0.2) is 0 Å². The van der Waals surface area contributed by atoms with Gasteiger partial charge in [-0.05, 0) is 23.1 Å². The highest BCUT2D eigenvalue weighted by Crippen LogP contribution is 2.33. The van der Waals surface area contributed by atoms with Crippen LogP contribution in [0.2, 0.25) is 0 Å². The molecule has 3 aromatic rings. The Labute approximate surface area is 170 Å². The number of carbonyl (C=O) groups excluding carboxylic acids is 1. The van der Waals surface area contributed by atoms with Crippen LogP contribution >= 0.6 is 0 Å². The molecule has 6 heteroatoms. The van der Waals surface area contributed by atoms with Crippen LogP contribution in [0.1, 0.15) is 44.6 Å². The third-order valence-corrected chi connectivity index (χ3v) is 5.29. The molecule has 1 saturated heterocycles. The minimum atomic E-state index is -0.121. The van der Waals surface area contributed by atoms with E-state index in [2.05, 4.69) is 43.0 Å². The summed E-state index contributed by atoms with van der Waals surface area (Å²) in [7, 11) is 1.61. The molecule has 150 valence electrons. The molecule has 1 amide bonds. The van der Waals surface area contributed by atoms with Crippen LogP contribution in [0, 0.1) is 0 Å². The molecule has 29 heavy (non-hydrogen) atoms. The summed E-state index contributed by atoms with van der Waals surface area (Å²) in [6, 6.07) is 15.7. The van der Waals surface area contributed by atoms with Gasteiger partial charge in [0.2, 0.25) is 17.6 Å². The van der Waals surface area contributed by atoms with Crippen LogP contribution in [0.4, 0.5) is 5.69 Å². The summed E-state index contributed by atoms with van der Waals surface area (Å²) in [5, 5.41) is 4.14. The topological polar surface area (TPSA) is 68.5 Å². The number of hydrogen-bond acceptors (Lipinski definition) is 5. The van der Waals surface area contributed by atoms with Gasteiger partial charge in [-0.1, -0.05) is 56.3 Å². The summed E-state index contributed by atoms with van der Waals surface area (Å²) in [6.07, 6.45) is 0.349. The zero-order valence-corrected chi connectivity index (χ0v) is 17.2. The molecule has 1 aromatic heterocycles. The molecule has 0 N–H and O–H groups in total. The lowest BCUT2D eigenvalue weighted by atomic mass is 9.87. The largest absolute Gasteiger partial charge is 0.497 e. The van der Waals surface area contributed by atoms with Gasteiger partial charge in [0.1, 0.15) is 5.75 Å². The van der Waals surface area contributed by atoms with Crippen LogP contribution in [-0.4, -0.2) is 29.7 Å². The van der Waals surface area contributed by atoms with Gasteiger partial charge in [0.05, 0.1) is 13.0 Å². The van der Waals surface area contributed by atoms with E-state index in [1.807, 2.05) is 36.4 Å². The van der Waals surface area contributed by atoms with Gasteiger partial charge in [0, 0.05) is 30.3 Å². The van der Waals surface area contributed by atoms with Crippen molar-refractivity contribution in [3.8, 4) is 17.1 Å². The summed E-state index contributed by atoms with van der Waals surface area (Å²) in [5.41, 5.74) is 3.06. The van der Waals surface area contributed by atoms with E-state index in [0.717, 1.165) is 17.0 Å². The SMILES string of the molecule is COc1cccc(N2CC(c3nc(-c4ccc(C(C)(C)C)cc4)no3)CC2=O)c1. The second-order valence-electron chi connectivity index (χ2n) is 8.39. The number of hydrogen-bond donors (Lipinski definition) is 0. The number of aromatic nitrogens is 2. The standard InChI is InChI=1S/C23H25N3O3/c1-23(2,3)17-10-8-15(9-11-17)21-24-22(29-25-21)16-12-20(27)26(14-16)18-6-5-7-19(13-18)28-4/h5-11,13,16H,12,14H2,1-4H3. The van der Waals surface area contributed by atoms with Gasteiger partial charge in [0.25, 0.3) is 0 Å². The monoisotopic (exact) mass is 391 g/mol. The quantitative estimate of drug-likeness (QED) is 0.652. The zero-order chi connectivity index (χ0) is 20.6. The van der Waals surface area contributed by atoms with E-state index in [9.17, 15) is 4.79 Å². The first-order valence-corrected chi connectivity index (χ1v) is 9.74. The second kappa shape index (κ2) is 7.35. The summed E-state index contributed by atoms with van der Waals surface area (Å²) in [6.45, 7) is 7.05. The first kappa shape index (κ1) is 19.2. The van der Waals surface area contributed by atoms with Gasteiger partial charge in [-0.2, -0.15) is 4.98 Å². The average Bonchev–Trinajstić information content (AvgIpc) is 3.34. The van der Waals surface area contributed by atoms with Gasteiger partial charge in [0.15, 0.2) is 0 Å². The molecule has 1 fully saturated rings. The van der Waals surface area contributed by atoms with Crippen molar-refractivity contribution >= 4 is 11.6 Å². The molecule has 2 aromatic carbocycles. The van der Waals surface area contributed by atoms with Gasteiger partial charge in [-0.15, -0.1) is 0 Å². The predicted octanol–water partition coefficient (Wildman–Crippen LogP) is 4.56. The number of rotatable bonds is 4. The van der Waals surface area contributed by atoms with Crippen molar-refractivity contribution in [2.24, 2.45) is 0 Å². The van der Waals surface area contributed by atoms with Crippen molar-refractivity contribution in [3.05, 3.63) is 60.0 Å². The molecule has 4 rings (SSSR count). The Morgan fingerprint density at radius 3 is 2.59 bits per heavy atom. The van der Waals surface area contributed by atoms with E-state index in [1.165, 1.54) is 5.56 Å². The lowest BCUT2D eigenvalue weighted by molar-refractivity contribution is -0.117. The van der Waals surface area contributed by atoms with Crippen molar-refractivity contribution in [2.45, 2.75) is 38.5 Å². The number of nitrogens with zero attached hydrogens (tertiary/aromatic N) is 3. The lowest BCUT2D eigenvalue weighted by Gasteiger charge is -2.18. The normalized spacial score (nSPS) is 17.0. The molecule has 2 heterocycles. The second-order valence-corrected chi connectivity index (χ2v) is 8.39. The molecular formula is C23H25N3O3. The average molecular weight is 391 g/mol. The molecule has 0 aliphatic carbocycles. The lowest BCUT2D eigenvalue weighted by Crippen LogP contribution is -2.24. The Morgan fingerprint density at radius 1 is 1.14 bits per heavy atom. The highest BCUT2D eigenvalue weighted by molar-refractivity contribution is 5.96. The third kappa shape index (κ3) is 3.88. The summed E-state index contributed by atoms with van der Waals surface area (Å²) < 4.78 is 10.8. The molecule has 0 bridgehead atoms. The maximum Gasteiger partial charge on any atom is 0.232 e. The number of benzene rings is 2. The zero-order valence-electron chi connectivity index (χ0n) is 17.2. The molecule has 1 atom stereocenters. The van der Waals surface area contributed by atoms with E-state index < -0.39 is 0 Å². The maximum atomic E-state index is 12.6. The summed E-state index contributed by atoms with van der Waals surface area (Å²) in [5.74, 6) is 1.69. The number of anilines is 1. The molecule has 1 unspecified atom stereocenters. The first-order valence-electron chi connectivity index (χ1n) is 9.74. The Hall–Kier alpha value is -3.15. The predicted molar refractivity (Wildman–Crippen MR) is 111 cm³/mol. The van der Waals surface area contributed by atoms with Crippen LogP contribution in [0.25, 0.3) is 11.4 Å². The molecule has 1 aliphatic heterocycles. The van der Waals surface area contributed by atoms with E-state index in [-0.39, 0.29) is 17.2 Å². The Morgan fingerprint density at radius 2 is 1.90 bits per heavy atom. The number of carbonyl (C=O) groups is 1. The number of methoxy groups -OCH3 is 1. The van der Waals surface area contributed by atoms with E-state index >= 15 is 0 Å². The molecule has 0 radical (unpaired) electrons. The highest BCUT2D eigenvalue weighted by Gasteiger charge is 2.35. The third-order valence-electron chi connectivity index (χ3n) is 5.29. The van der Waals surface area contributed by atoms with E-state index in [0.29, 0.717) is 24.7 Å². The Balaban J connectivity index is 1.52. The minimum absolute atomic E-state index is 0.0394. The molecule has 1 aliphatic rings. The van der Waals surface area contributed by atoms with Gasteiger partial charge >= 0.3 is 0 Å². The van der Waals surface area contributed by atoms with Crippen LogP contribution in [0.15, 0.2) is 53.1 Å².